The Morgan fingerprint density at radius 3 is 3.11 bits per heavy atom. The summed E-state index contributed by atoms with van der Waals surface area (Å²) in [6.07, 6.45) is 2.96. The largest absolute Gasteiger partial charge is 0.390 e. The minimum absolute atomic E-state index is 0.136. The quantitative estimate of drug-likeness (QED) is 0.453. The minimum Gasteiger partial charge on any atom is -0.358 e. The predicted octanol–water partition coefficient (Wildman–Crippen LogP) is 2.23. The third-order valence-corrected chi connectivity index (χ3v) is 3.49. The third kappa shape index (κ3) is 3.99. The topological polar surface area (TPSA) is 79.4 Å². The Morgan fingerprint density at radius 2 is 2.47 bits per heavy atom. The second kappa shape index (κ2) is 6.97. The molecule has 1 aromatic heterocycles. The molecule has 0 N–H and O–H groups in total. The molecule has 106 valence electrons. The lowest BCUT2D eigenvalue weighted by Crippen LogP contribution is -2.24. The highest BCUT2D eigenvalue weighted by Crippen LogP contribution is 2.16. The molecule has 0 aliphatic carbocycles. The lowest BCUT2D eigenvalue weighted by atomic mass is 10.2. The van der Waals surface area contributed by atoms with Crippen LogP contribution in [0.1, 0.15) is 25.0 Å². The summed E-state index contributed by atoms with van der Waals surface area (Å²) in [4.78, 5) is 10.2. The molecule has 1 aliphatic heterocycles. The van der Waals surface area contributed by atoms with Crippen LogP contribution in [0.2, 0.25) is 0 Å². The SMILES string of the molecule is O=[N+]([O-])c1cc(CBr)n(CCOC2CCCCO2)n1. The Kier molecular flexibility index (Phi) is 5.29. The van der Waals surface area contributed by atoms with Gasteiger partial charge in [0.1, 0.15) is 0 Å². The van der Waals surface area contributed by atoms with Gasteiger partial charge in [0.25, 0.3) is 0 Å². The van der Waals surface area contributed by atoms with Crippen LogP contribution in [-0.4, -0.2) is 34.2 Å². The van der Waals surface area contributed by atoms with E-state index in [-0.39, 0.29) is 12.1 Å². The standard InChI is InChI=1S/C11H16BrN3O4/c12-8-9-7-10(15(16)17)13-14(9)4-6-19-11-3-1-2-5-18-11/h7,11H,1-6,8H2. The molecule has 2 rings (SSSR count). The molecule has 7 nitrogen and oxygen atoms in total. The number of alkyl halides is 1. The van der Waals surface area contributed by atoms with Gasteiger partial charge in [0.15, 0.2) is 6.29 Å². The van der Waals surface area contributed by atoms with E-state index in [2.05, 4.69) is 21.0 Å². The average molecular weight is 334 g/mol. The van der Waals surface area contributed by atoms with Crippen molar-refractivity contribution in [3.05, 3.63) is 21.9 Å². The zero-order valence-electron chi connectivity index (χ0n) is 10.5. The smallest absolute Gasteiger partial charge is 0.358 e. The van der Waals surface area contributed by atoms with Crippen molar-refractivity contribution in [2.75, 3.05) is 13.2 Å². The Balaban J connectivity index is 1.85. The van der Waals surface area contributed by atoms with Gasteiger partial charge in [-0.2, -0.15) is 4.68 Å². The van der Waals surface area contributed by atoms with Crippen LogP contribution >= 0.6 is 15.9 Å². The maximum absolute atomic E-state index is 10.7. The molecule has 1 unspecified atom stereocenters. The van der Waals surface area contributed by atoms with Crippen LogP contribution < -0.4 is 0 Å². The van der Waals surface area contributed by atoms with Crippen LogP contribution in [0.25, 0.3) is 0 Å². The maximum Gasteiger partial charge on any atom is 0.390 e. The molecule has 1 aliphatic rings. The van der Waals surface area contributed by atoms with Crippen molar-refractivity contribution in [1.29, 1.82) is 0 Å². The molecule has 0 radical (unpaired) electrons. The fourth-order valence-electron chi connectivity index (χ4n) is 1.94. The summed E-state index contributed by atoms with van der Waals surface area (Å²) >= 11 is 3.29. The third-order valence-electron chi connectivity index (χ3n) is 2.92. The number of rotatable bonds is 6. The molecule has 0 spiro atoms. The van der Waals surface area contributed by atoms with Crippen molar-refractivity contribution in [2.24, 2.45) is 0 Å². The van der Waals surface area contributed by atoms with Crippen LogP contribution in [0.5, 0.6) is 0 Å². The molecule has 0 bridgehead atoms. The van der Waals surface area contributed by atoms with Crippen LogP contribution in [-0.2, 0) is 21.3 Å². The van der Waals surface area contributed by atoms with Crippen LogP contribution in [0.4, 0.5) is 5.82 Å². The molecular weight excluding hydrogens is 318 g/mol. The normalized spacial score (nSPS) is 19.5. The number of hydrogen-bond donors (Lipinski definition) is 0. The molecule has 19 heavy (non-hydrogen) atoms. The zero-order chi connectivity index (χ0) is 13.7. The first-order chi connectivity index (χ1) is 9.20. The molecule has 0 aromatic carbocycles. The van der Waals surface area contributed by atoms with Crippen molar-refractivity contribution >= 4 is 21.7 Å². The number of hydrogen-bond acceptors (Lipinski definition) is 5. The number of nitrogens with zero attached hydrogens (tertiary/aromatic N) is 3. The first kappa shape index (κ1) is 14.4. The molecule has 2 heterocycles. The van der Waals surface area contributed by atoms with Gasteiger partial charge < -0.3 is 19.6 Å². The monoisotopic (exact) mass is 333 g/mol. The van der Waals surface area contributed by atoms with Crippen LogP contribution in [0.15, 0.2) is 6.07 Å². The maximum atomic E-state index is 10.7. The summed E-state index contributed by atoms with van der Waals surface area (Å²) in [7, 11) is 0. The number of aromatic nitrogens is 2. The van der Waals surface area contributed by atoms with E-state index in [1.54, 1.807) is 4.68 Å². The van der Waals surface area contributed by atoms with Gasteiger partial charge >= 0.3 is 5.82 Å². The fraction of sp³-hybridized carbons (Fsp3) is 0.727. The molecule has 1 atom stereocenters. The molecular formula is C11H16BrN3O4. The van der Waals surface area contributed by atoms with E-state index in [0.29, 0.717) is 18.5 Å². The second-order valence-corrected chi connectivity index (χ2v) is 4.84. The highest BCUT2D eigenvalue weighted by Gasteiger charge is 2.18. The average Bonchev–Trinajstić information content (AvgIpc) is 2.83. The molecule has 1 saturated heterocycles. The summed E-state index contributed by atoms with van der Waals surface area (Å²) < 4.78 is 12.6. The number of halogens is 1. The Morgan fingerprint density at radius 1 is 1.63 bits per heavy atom. The van der Waals surface area contributed by atoms with Crippen molar-refractivity contribution in [2.45, 2.75) is 37.4 Å². The highest BCUT2D eigenvalue weighted by molar-refractivity contribution is 9.08. The van der Waals surface area contributed by atoms with E-state index in [1.165, 1.54) is 6.07 Å². The van der Waals surface area contributed by atoms with Crippen molar-refractivity contribution < 1.29 is 14.4 Å². The molecule has 1 fully saturated rings. The van der Waals surface area contributed by atoms with Gasteiger partial charge in [-0.25, -0.2) is 0 Å². The van der Waals surface area contributed by atoms with Gasteiger partial charge in [-0.3, -0.25) is 0 Å². The van der Waals surface area contributed by atoms with E-state index in [4.69, 9.17) is 9.47 Å². The summed E-state index contributed by atoms with van der Waals surface area (Å²) in [5.74, 6) is -0.136. The van der Waals surface area contributed by atoms with Gasteiger partial charge in [0, 0.05) is 11.9 Å². The molecule has 0 saturated carbocycles. The zero-order valence-corrected chi connectivity index (χ0v) is 12.0. The van der Waals surface area contributed by atoms with Crippen molar-refractivity contribution in [3.63, 3.8) is 0 Å². The Hall–Kier alpha value is -0.990. The number of ether oxygens (including phenoxy) is 2. The lowest BCUT2D eigenvalue weighted by molar-refractivity contribution is -0.389. The number of nitro groups is 1. The van der Waals surface area contributed by atoms with Gasteiger partial charge in [-0.1, -0.05) is 15.9 Å². The van der Waals surface area contributed by atoms with Crippen LogP contribution in [0.3, 0.4) is 0 Å². The summed E-state index contributed by atoms with van der Waals surface area (Å²) in [5.41, 5.74) is 0.764. The van der Waals surface area contributed by atoms with Gasteiger partial charge in [0.05, 0.1) is 30.0 Å². The summed E-state index contributed by atoms with van der Waals surface area (Å²) in [5, 5.41) is 15.1. The Labute approximate surface area is 119 Å². The second-order valence-electron chi connectivity index (χ2n) is 4.27. The first-order valence-corrected chi connectivity index (χ1v) is 7.33. The molecule has 8 heteroatoms. The first-order valence-electron chi connectivity index (χ1n) is 6.21. The van der Waals surface area contributed by atoms with E-state index >= 15 is 0 Å². The Bertz CT molecular complexity index is 432. The van der Waals surface area contributed by atoms with Crippen molar-refractivity contribution in [1.82, 2.24) is 9.78 Å². The van der Waals surface area contributed by atoms with E-state index in [1.807, 2.05) is 0 Å². The van der Waals surface area contributed by atoms with E-state index < -0.39 is 4.92 Å². The molecule has 0 amide bonds. The van der Waals surface area contributed by atoms with E-state index in [0.717, 1.165) is 31.6 Å². The predicted molar refractivity (Wildman–Crippen MR) is 71.1 cm³/mol. The van der Waals surface area contributed by atoms with E-state index in [9.17, 15) is 10.1 Å². The summed E-state index contributed by atoms with van der Waals surface area (Å²) in [6.45, 7) is 1.66. The highest BCUT2D eigenvalue weighted by atomic mass is 79.9. The lowest BCUT2D eigenvalue weighted by Gasteiger charge is -2.22. The molecule has 1 aromatic rings. The van der Waals surface area contributed by atoms with Crippen LogP contribution in [0, 0.1) is 10.1 Å². The minimum atomic E-state index is -0.492. The fourth-order valence-corrected chi connectivity index (χ4v) is 2.40. The van der Waals surface area contributed by atoms with Gasteiger partial charge in [-0.15, -0.1) is 0 Å². The van der Waals surface area contributed by atoms with Crippen molar-refractivity contribution in [3.8, 4) is 0 Å². The van der Waals surface area contributed by atoms with Gasteiger partial charge in [-0.05, 0) is 24.2 Å². The summed E-state index contributed by atoms with van der Waals surface area (Å²) in [6, 6.07) is 1.46. The van der Waals surface area contributed by atoms with Gasteiger partial charge in [0.2, 0.25) is 0 Å².